The maximum Gasteiger partial charge on any atom is 0.153 e. The number of carbonyl (C=O) groups is 1. The highest BCUT2D eigenvalue weighted by atomic mass is 35.5. The number of piperazine rings is 1. The quantitative estimate of drug-likeness (QED) is 0.771. The molecule has 1 heterocycles. The van der Waals surface area contributed by atoms with Crippen LogP contribution in [0.5, 0.6) is 5.75 Å². The summed E-state index contributed by atoms with van der Waals surface area (Å²) in [4.78, 5) is 15.6. The van der Waals surface area contributed by atoms with Gasteiger partial charge in [-0.2, -0.15) is 0 Å². The molecular formula is C14H19ClN2O2. The van der Waals surface area contributed by atoms with Crippen LogP contribution in [0.25, 0.3) is 0 Å². The monoisotopic (exact) mass is 282 g/mol. The summed E-state index contributed by atoms with van der Waals surface area (Å²) in [5.41, 5.74) is 0.505. The van der Waals surface area contributed by atoms with E-state index in [2.05, 4.69) is 16.8 Å². The number of carbonyl (C=O) groups excluding carboxylic acids is 1. The average molecular weight is 283 g/mol. The van der Waals surface area contributed by atoms with E-state index in [-0.39, 0.29) is 0 Å². The smallest absolute Gasteiger partial charge is 0.153 e. The van der Waals surface area contributed by atoms with Crippen molar-refractivity contribution in [2.24, 2.45) is 0 Å². The normalized spacial score (nSPS) is 17.4. The van der Waals surface area contributed by atoms with Gasteiger partial charge in [-0.1, -0.05) is 11.6 Å². The molecule has 1 aliphatic heterocycles. The number of nitrogens with zero attached hydrogens (tertiary/aromatic N) is 2. The number of rotatable bonds is 5. The number of halogens is 1. The van der Waals surface area contributed by atoms with Gasteiger partial charge in [0.2, 0.25) is 0 Å². The van der Waals surface area contributed by atoms with E-state index in [1.165, 1.54) is 0 Å². The van der Waals surface area contributed by atoms with Crippen molar-refractivity contribution in [1.29, 1.82) is 0 Å². The number of hydrogen-bond donors (Lipinski definition) is 0. The molecule has 0 N–H and O–H groups in total. The Balaban J connectivity index is 1.81. The van der Waals surface area contributed by atoms with Crippen molar-refractivity contribution in [1.82, 2.24) is 9.80 Å². The van der Waals surface area contributed by atoms with Gasteiger partial charge in [-0.05, 0) is 25.2 Å². The zero-order valence-corrected chi connectivity index (χ0v) is 11.9. The van der Waals surface area contributed by atoms with E-state index < -0.39 is 0 Å². The summed E-state index contributed by atoms with van der Waals surface area (Å²) in [5.74, 6) is 0.605. The minimum absolute atomic E-state index is 0.505. The van der Waals surface area contributed by atoms with Crippen LogP contribution in [0.4, 0.5) is 0 Å². The van der Waals surface area contributed by atoms with Gasteiger partial charge >= 0.3 is 0 Å². The first kappa shape index (κ1) is 14.3. The van der Waals surface area contributed by atoms with E-state index in [9.17, 15) is 4.79 Å². The van der Waals surface area contributed by atoms with E-state index in [0.717, 1.165) is 39.0 Å². The summed E-state index contributed by atoms with van der Waals surface area (Å²) in [6.07, 6.45) is 0.775. The summed E-state index contributed by atoms with van der Waals surface area (Å²) in [6.45, 7) is 5.81. The van der Waals surface area contributed by atoms with Crippen LogP contribution in [0.15, 0.2) is 18.2 Å². The second kappa shape index (κ2) is 6.89. The molecule has 0 saturated carbocycles. The topological polar surface area (TPSA) is 32.8 Å². The van der Waals surface area contributed by atoms with Gasteiger partial charge in [-0.3, -0.25) is 9.69 Å². The molecule has 2 rings (SSSR count). The van der Waals surface area contributed by atoms with Crippen LogP contribution in [-0.2, 0) is 0 Å². The van der Waals surface area contributed by atoms with Crippen LogP contribution in [0, 0.1) is 0 Å². The van der Waals surface area contributed by atoms with Gasteiger partial charge in [-0.15, -0.1) is 0 Å². The molecule has 1 aromatic rings. The standard InChI is InChI=1S/C14H19ClN2O2/c1-16-4-6-17(7-5-16)8-9-19-14-3-2-13(15)10-12(14)11-18/h2-3,10-11H,4-9H2,1H3. The number of hydrogen-bond acceptors (Lipinski definition) is 4. The maximum atomic E-state index is 10.9. The summed E-state index contributed by atoms with van der Waals surface area (Å²) in [5, 5.41) is 0.550. The molecule has 19 heavy (non-hydrogen) atoms. The SMILES string of the molecule is CN1CCN(CCOc2ccc(Cl)cc2C=O)CC1. The Morgan fingerprint density at radius 2 is 2.05 bits per heavy atom. The predicted octanol–water partition coefficient (Wildman–Crippen LogP) is 1.78. The lowest BCUT2D eigenvalue weighted by molar-refractivity contribution is 0.111. The van der Waals surface area contributed by atoms with Crippen molar-refractivity contribution in [3.8, 4) is 5.75 Å². The van der Waals surface area contributed by atoms with Crippen LogP contribution in [0.2, 0.25) is 5.02 Å². The second-order valence-electron chi connectivity index (χ2n) is 4.79. The lowest BCUT2D eigenvalue weighted by Crippen LogP contribution is -2.45. The summed E-state index contributed by atoms with van der Waals surface area (Å²) < 4.78 is 5.67. The highest BCUT2D eigenvalue weighted by Gasteiger charge is 2.13. The molecule has 5 heteroatoms. The molecule has 0 radical (unpaired) electrons. The van der Waals surface area contributed by atoms with Gasteiger partial charge in [0.15, 0.2) is 6.29 Å². The number of ether oxygens (including phenoxy) is 1. The largest absolute Gasteiger partial charge is 0.492 e. The first-order chi connectivity index (χ1) is 9.19. The van der Waals surface area contributed by atoms with Gasteiger partial charge in [0.1, 0.15) is 12.4 Å². The fourth-order valence-electron chi connectivity index (χ4n) is 2.10. The molecule has 0 unspecified atom stereocenters. The van der Waals surface area contributed by atoms with E-state index in [1.54, 1.807) is 18.2 Å². The van der Waals surface area contributed by atoms with Gasteiger partial charge in [0.25, 0.3) is 0 Å². The predicted molar refractivity (Wildman–Crippen MR) is 76.3 cm³/mol. The molecule has 4 nitrogen and oxygen atoms in total. The molecule has 0 aromatic heterocycles. The zero-order chi connectivity index (χ0) is 13.7. The van der Waals surface area contributed by atoms with Crippen LogP contribution in [0.3, 0.4) is 0 Å². The van der Waals surface area contributed by atoms with Crippen molar-refractivity contribution in [3.63, 3.8) is 0 Å². The molecule has 0 atom stereocenters. The van der Waals surface area contributed by atoms with Gasteiger partial charge < -0.3 is 9.64 Å². The number of aldehydes is 1. The molecule has 1 aromatic carbocycles. The van der Waals surface area contributed by atoms with Crippen molar-refractivity contribution >= 4 is 17.9 Å². The Labute approximate surface area is 118 Å². The molecule has 1 fully saturated rings. The van der Waals surface area contributed by atoms with Crippen molar-refractivity contribution < 1.29 is 9.53 Å². The fraction of sp³-hybridized carbons (Fsp3) is 0.500. The summed E-state index contributed by atoms with van der Waals surface area (Å²) in [6, 6.07) is 5.11. The molecule has 0 spiro atoms. The molecular weight excluding hydrogens is 264 g/mol. The third-order valence-electron chi connectivity index (χ3n) is 3.36. The fourth-order valence-corrected chi connectivity index (χ4v) is 2.28. The molecule has 1 saturated heterocycles. The highest BCUT2D eigenvalue weighted by molar-refractivity contribution is 6.30. The van der Waals surface area contributed by atoms with Crippen LogP contribution in [0.1, 0.15) is 10.4 Å². The number of likely N-dealkylation sites (N-methyl/N-ethyl adjacent to an activating group) is 1. The zero-order valence-electron chi connectivity index (χ0n) is 11.1. The van der Waals surface area contributed by atoms with E-state index in [0.29, 0.717) is 22.9 Å². The van der Waals surface area contributed by atoms with Crippen LogP contribution >= 0.6 is 11.6 Å². The maximum absolute atomic E-state index is 10.9. The molecule has 0 amide bonds. The first-order valence-electron chi connectivity index (χ1n) is 6.47. The third kappa shape index (κ3) is 4.20. The summed E-state index contributed by atoms with van der Waals surface area (Å²) in [7, 11) is 2.14. The second-order valence-corrected chi connectivity index (χ2v) is 5.23. The number of benzene rings is 1. The average Bonchev–Trinajstić information content (AvgIpc) is 2.42. The molecule has 0 bridgehead atoms. The first-order valence-corrected chi connectivity index (χ1v) is 6.85. The Kier molecular flexibility index (Phi) is 5.19. The van der Waals surface area contributed by atoms with Gasteiger partial charge in [0, 0.05) is 37.7 Å². The van der Waals surface area contributed by atoms with E-state index in [4.69, 9.17) is 16.3 Å². The van der Waals surface area contributed by atoms with Gasteiger partial charge in [-0.25, -0.2) is 0 Å². The lowest BCUT2D eigenvalue weighted by atomic mass is 10.2. The highest BCUT2D eigenvalue weighted by Crippen LogP contribution is 2.21. The third-order valence-corrected chi connectivity index (χ3v) is 3.59. The summed E-state index contributed by atoms with van der Waals surface area (Å²) >= 11 is 5.84. The Morgan fingerprint density at radius 1 is 1.32 bits per heavy atom. The van der Waals surface area contributed by atoms with E-state index in [1.807, 2.05) is 0 Å². The van der Waals surface area contributed by atoms with Crippen LogP contribution in [-0.4, -0.2) is 62.5 Å². The van der Waals surface area contributed by atoms with Crippen molar-refractivity contribution in [2.75, 3.05) is 46.4 Å². The van der Waals surface area contributed by atoms with Crippen LogP contribution < -0.4 is 4.74 Å². The lowest BCUT2D eigenvalue weighted by Gasteiger charge is -2.32. The molecule has 104 valence electrons. The minimum atomic E-state index is 0.505. The van der Waals surface area contributed by atoms with E-state index >= 15 is 0 Å². The Bertz CT molecular complexity index is 431. The Morgan fingerprint density at radius 3 is 2.74 bits per heavy atom. The van der Waals surface area contributed by atoms with Gasteiger partial charge in [0.05, 0.1) is 5.56 Å². The molecule has 0 aliphatic carbocycles. The molecule has 1 aliphatic rings. The Hall–Kier alpha value is -1.10. The van der Waals surface area contributed by atoms with Crippen molar-refractivity contribution in [3.05, 3.63) is 28.8 Å². The minimum Gasteiger partial charge on any atom is -0.492 e. The van der Waals surface area contributed by atoms with Crippen molar-refractivity contribution in [2.45, 2.75) is 0 Å².